The second-order valence-electron chi connectivity index (χ2n) is 5.33. The third kappa shape index (κ3) is 3.53. The molecule has 1 aliphatic heterocycles. The van der Waals surface area contributed by atoms with E-state index in [9.17, 15) is 8.78 Å². The molecule has 0 bridgehead atoms. The van der Waals surface area contributed by atoms with Crippen LogP contribution in [0.5, 0.6) is 0 Å². The summed E-state index contributed by atoms with van der Waals surface area (Å²) in [5.41, 5.74) is 6.81. The molecule has 1 aromatic rings. The Morgan fingerprint density at radius 3 is 2.80 bits per heavy atom. The number of rotatable bonds is 6. The van der Waals surface area contributed by atoms with Crippen molar-refractivity contribution in [1.29, 1.82) is 0 Å². The van der Waals surface area contributed by atoms with E-state index in [1.807, 2.05) is 6.07 Å². The smallest absolute Gasteiger partial charge is 0.263 e. The van der Waals surface area contributed by atoms with E-state index in [0.717, 1.165) is 31.7 Å². The van der Waals surface area contributed by atoms with Crippen molar-refractivity contribution in [2.75, 3.05) is 33.4 Å². The minimum Gasteiger partial charge on any atom is -0.384 e. The van der Waals surface area contributed by atoms with Gasteiger partial charge >= 0.3 is 0 Å². The van der Waals surface area contributed by atoms with Crippen molar-refractivity contribution in [2.24, 2.45) is 11.7 Å². The van der Waals surface area contributed by atoms with Crippen molar-refractivity contribution < 1.29 is 13.5 Å². The number of nitrogens with zero attached hydrogens (tertiary/aromatic N) is 1. The molecule has 0 aliphatic carbocycles. The van der Waals surface area contributed by atoms with E-state index < -0.39 is 6.43 Å². The Balaban J connectivity index is 2.10. The average Bonchev–Trinajstić information content (AvgIpc) is 2.89. The fraction of sp³-hybridized carbons (Fsp3) is 0.600. The number of hydrogen-bond acceptors (Lipinski definition) is 3. The van der Waals surface area contributed by atoms with Gasteiger partial charge in [0.2, 0.25) is 0 Å². The fourth-order valence-electron chi connectivity index (χ4n) is 2.92. The Labute approximate surface area is 118 Å². The number of ether oxygens (including phenoxy) is 1. The first kappa shape index (κ1) is 15.4. The summed E-state index contributed by atoms with van der Waals surface area (Å²) in [5, 5.41) is 0. The van der Waals surface area contributed by atoms with Gasteiger partial charge in [0.25, 0.3) is 6.43 Å². The van der Waals surface area contributed by atoms with Gasteiger partial charge in [-0.05, 0) is 30.5 Å². The van der Waals surface area contributed by atoms with E-state index >= 15 is 0 Å². The molecule has 1 aliphatic rings. The van der Waals surface area contributed by atoms with E-state index in [4.69, 9.17) is 10.5 Å². The zero-order valence-electron chi connectivity index (χ0n) is 11.8. The molecule has 1 fully saturated rings. The number of benzene rings is 1. The third-order valence-corrected chi connectivity index (χ3v) is 3.93. The predicted molar refractivity (Wildman–Crippen MR) is 74.8 cm³/mol. The molecule has 0 radical (unpaired) electrons. The third-order valence-electron chi connectivity index (χ3n) is 3.93. The van der Waals surface area contributed by atoms with E-state index in [1.165, 1.54) is 6.07 Å². The molecule has 0 amide bonds. The number of halogens is 2. The van der Waals surface area contributed by atoms with E-state index in [0.29, 0.717) is 12.5 Å². The van der Waals surface area contributed by atoms with Crippen LogP contribution in [-0.2, 0) is 4.74 Å². The maximum atomic E-state index is 12.8. The lowest BCUT2D eigenvalue weighted by atomic mass is 10.0. The van der Waals surface area contributed by atoms with Crippen LogP contribution in [0.4, 0.5) is 8.78 Å². The van der Waals surface area contributed by atoms with Gasteiger partial charge in [0, 0.05) is 31.8 Å². The van der Waals surface area contributed by atoms with Gasteiger partial charge in [-0.15, -0.1) is 0 Å². The van der Waals surface area contributed by atoms with Crippen LogP contribution in [0.3, 0.4) is 0 Å². The highest BCUT2D eigenvalue weighted by Gasteiger charge is 2.28. The summed E-state index contributed by atoms with van der Waals surface area (Å²) in [6.45, 7) is 3.03. The topological polar surface area (TPSA) is 38.5 Å². The molecule has 2 unspecified atom stereocenters. The SMILES string of the molecule is COCC1CCN(C(CN)c2cccc(C(F)F)c2)C1. The summed E-state index contributed by atoms with van der Waals surface area (Å²) >= 11 is 0. The summed E-state index contributed by atoms with van der Waals surface area (Å²) in [6.07, 6.45) is -1.37. The van der Waals surface area contributed by atoms with Crippen molar-refractivity contribution in [2.45, 2.75) is 18.9 Å². The second kappa shape index (κ2) is 7.11. The molecule has 20 heavy (non-hydrogen) atoms. The quantitative estimate of drug-likeness (QED) is 0.872. The molecule has 2 rings (SSSR count). The predicted octanol–water partition coefficient (Wildman–Crippen LogP) is 2.59. The minimum absolute atomic E-state index is 0.00977. The molecule has 2 atom stereocenters. The average molecular weight is 284 g/mol. The first-order chi connectivity index (χ1) is 9.65. The highest BCUT2D eigenvalue weighted by atomic mass is 19.3. The summed E-state index contributed by atoms with van der Waals surface area (Å²) in [7, 11) is 1.70. The lowest BCUT2D eigenvalue weighted by molar-refractivity contribution is 0.146. The molecular weight excluding hydrogens is 262 g/mol. The molecule has 3 nitrogen and oxygen atoms in total. The Morgan fingerprint density at radius 1 is 1.40 bits per heavy atom. The summed E-state index contributed by atoms with van der Waals surface area (Å²) < 4.78 is 30.8. The van der Waals surface area contributed by atoms with Gasteiger partial charge in [-0.1, -0.05) is 18.2 Å². The Morgan fingerprint density at radius 2 is 2.15 bits per heavy atom. The van der Waals surface area contributed by atoms with Crippen molar-refractivity contribution in [3.8, 4) is 0 Å². The van der Waals surface area contributed by atoms with E-state index in [-0.39, 0.29) is 11.6 Å². The lowest BCUT2D eigenvalue weighted by Crippen LogP contribution is -2.32. The number of methoxy groups -OCH3 is 1. The fourth-order valence-corrected chi connectivity index (χ4v) is 2.92. The molecule has 0 aromatic heterocycles. The van der Waals surface area contributed by atoms with Crippen LogP contribution in [0.1, 0.15) is 30.0 Å². The monoisotopic (exact) mass is 284 g/mol. The molecular formula is C15H22F2N2O. The zero-order chi connectivity index (χ0) is 14.5. The number of nitrogens with two attached hydrogens (primary N) is 1. The van der Waals surface area contributed by atoms with Crippen LogP contribution in [0, 0.1) is 5.92 Å². The largest absolute Gasteiger partial charge is 0.384 e. The van der Waals surface area contributed by atoms with Gasteiger partial charge in [0.1, 0.15) is 0 Å². The van der Waals surface area contributed by atoms with Gasteiger partial charge in [-0.3, -0.25) is 4.90 Å². The van der Waals surface area contributed by atoms with Crippen LogP contribution < -0.4 is 5.73 Å². The molecule has 0 saturated carbocycles. The van der Waals surface area contributed by atoms with Crippen molar-refractivity contribution in [1.82, 2.24) is 4.90 Å². The van der Waals surface area contributed by atoms with Crippen LogP contribution in [0.2, 0.25) is 0 Å². The van der Waals surface area contributed by atoms with Crippen molar-refractivity contribution in [3.05, 3.63) is 35.4 Å². The minimum atomic E-state index is -2.44. The molecule has 1 aromatic carbocycles. The van der Waals surface area contributed by atoms with Gasteiger partial charge in [0.15, 0.2) is 0 Å². The Kier molecular flexibility index (Phi) is 5.46. The summed E-state index contributed by atoms with van der Waals surface area (Å²) in [5.74, 6) is 0.507. The second-order valence-corrected chi connectivity index (χ2v) is 5.33. The normalized spacial score (nSPS) is 21.6. The van der Waals surface area contributed by atoms with E-state index in [1.54, 1.807) is 19.2 Å². The number of likely N-dealkylation sites (tertiary alicyclic amines) is 1. The summed E-state index contributed by atoms with van der Waals surface area (Å²) in [6, 6.07) is 6.61. The van der Waals surface area contributed by atoms with Gasteiger partial charge in [-0.2, -0.15) is 0 Å². The first-order valence-corrected chi connectivity index (χ1v) is 6.96. The summed E-state index contributed by atoms with van der Waals surface area (Å²) in [4.78, 5) is 2.27. The lowest BCUT2D eigenvalue weighted by Gasteiger charge is -2.27. The molecule has 1 saturated heterocycles. The van der Waals surface area contributed by atoms with Crippen LogP contribution in [0.15, 0.2) is 24.3 Å². The first-order valence-electron chi connectivity index (χ1n) is 6.96. The van der Waals surface area contributed by atoms with E-state index in [2.05, 4.69) is 4.90 Å². The molecule has 0 spiro atoms. The van der Waals surface area contributed by atoms with Crippen LogP contribution >= 0.6 is 0 Å². The molecule has 2 N–H and O–H groups in total. The van der Waals surface area contributed by atoms with Crippen LogP contribution in [0.25, 0.3) is 0 Å². The zero-order valence-corrected chi connectivity index (χ0v) is 11.8. The molecule has 1 heterocycles. The standard InChI is InChI=1S/C15H22F2N2O/c1-20-10-11-5-6-19(9-11)14(8-18)12-3-2-4-13(7-12)15(16)17/h2-4,7,11,14-15H,5-6,8-10,18H2,1H3. The maximum Gasteiger partial charge on any atom is 0.263 e. The van der Waals surface area contributed by atoms with Gasteiger partial charge in [0.05, 0.1) is 6.61 Å². The van der Waals surface area contributed by atoms with Crippen molar-refractivity contribution in [3.63, 3.8) is 0 Å². The number of alkyl halides is 2. The maximum absolute atomic E-state index is 12.8. The van der Waals surface area contributed by atoms with Crippen LogP contribution in [-0.4, -0.2) is 38.3 Å². The van der Waals surface area contributed by atoms with Gasteiger partial charge in [-0.25, -0.2) is 8.78 Å². The number of hydrogen-bond donors (Lipinski definition) is 1. The Hall–Kier alpha value is -1.04. The molecule has 112 valence electrons. The Bertz CT molecular complexity index is 428. The van der Waals surface area contributed by atoms with Gasteiger partial charge < -0.3 is 10.5 Å². The molecule has 5 heteroatoms. The highest BCUT2D eigenvalue weighted by Crippen LogP contribution is 2.29. The van der Waals surface area contributed by atoms with Crippen molar-refractivity contribution >= 4 is 0 Å². The highest BCUT2D eigenvalue weighted by molar-refractivity contribution is 5.27.